The maximum atomic E-state index is 12.1. The van der Waals surface area contributed by atoms with E-state index in [1.807, 2.05) is 13.8 Å². The number of hydrogen-bond donors (Lipinski definition) is 2. The van der Waals surface area contributed by atoms with Crippen LogP contribution in [-0.2, 0) is 14.4 Å². The van der Waals surface area contributed by atoms with Crippen LogP contribution < -0.4 is 10.6 Å². The maximum Gasteiger partial charge on any atom is 0.243 e. The summed E-state index contributed by atoms with van der Waals surface area (Å²) in [5, 5.41) is 5.35. The number of hydrogen-bond acceptors (Lipinski definition) is 3. The number of rotatable bonds is 7. The van der Waals surface area contributed by atoms with E-state index >= 15 is 0 Å². The Kier molecular flexibility index (Phi) is 7.34. The molecule has 0 aliphatic heterocycles. The van der Waals surface area contributed by atoms with Crippen LogP contribution >= 0.6 is 0 Å². The molecule has 0 radical (unpaired) electrons. The third-order valence-electron chi connectivity index (χ3n) is 2.94. The normalized spacial score (nSPS) is 14.1. The molecule has 0 saturated heterocycles. The van der Waals surface area contributed by atoms with Crippen LogP contribution in [0.3, 0.4) is 0 Å². The third kappa shape index (κ3) is 5.85. The first-order chi connectivity index (χ1) is 8.70. The van der Waals surface area contributed by atoms with Crippen molar-refractivity contribution in [2.75, 3.05) is 0 Å². The van der Waals surface area contributed by atoms with Gasteiger partial charge in [0, 0.05) is 12.3 Å². The summed E-state index contributed by atoms with van der Waals surface area (Å²) >= 11 is 0. The van der Waals surface area contributed by atoms with E-state index in [1.54, 1.807) is 27.7 Å². The molecule has 0 aromatic rings. The number of carbonyl (C=O) groups is 3. The molecule has 2 N–H and O–H groups in total. The van der Waals surface area contributed by atoms with Crippen LogP contribution in [-0.4, -0.2) is 29.7 Å². The molecule has 5 nitrogen and oxygen atoms in total. The van der Waals surface area contributed by atoms with Gasteiger partial charge in [-0.1, -0.05) is 34.6 Å². The maximum absolute atomic E-state index is 12.1. The van der Waals surface area contributed by atoms with Gasteiger partial charge >= 0.3 is 0 Å². The van der Waals surface area contributed by atoms with Gasteiger partial charge < -0.3 is 10.6 Å². The topological polar surface area (TPSA) is 75.3 Å². The highest BCUT2D eigenvalue weighted by molar-refractivity contribution is 5.93. The lowest BCUT2D eigenvalue weighted by Crippen LogP contribution is -2.53. The van der Waals surface area contributed by atoms with Crippen LogP contribution in [0, 0.1) is 11.8 Å². The van der Waals surface area contributed by atoms with E-state index in [2.05, 4.69) is 10.6 Å². The summed E-state index contributed by atoms with van der Waals surface area (Å²) in [5.74, 6) is -0.650. The van der Waals surface area contributed by atoms with Crippen molar-refractivity contribution in [3.8, 4) is 0 Å². The van der Waals surface area contributed by atoms with Gasteiger partial charge in [-0.2, -0.15) is 0 Å². The lowest BCUT2D eigenvalue weighted by Gasteiger charge is -2.24. The second-order valence-corrected chi connectivity index (χ2v) is 5.43. The quantitative estimate of drug-likeness (QED) is 0.731. The van der Waals surface area contributed by atoms with Gasteiger partial charge in [-0.05, 0) is 12.8 Å². The summed E-state index contributed by atoms with van der Waals surface area (Å²) in [5.41, 5.74) is 0. The van der Waals surface area contributed by atoms with Crippen molar-refractivity contribution in [2.45, 2.75) is 60.0 Å². The Morgan fingerprint density at radius 3 is 1.84 bits per heavy atom. The minimum absolute atomic E-state index is 0.0160. The predicted octanol–water partition coefficient (Wildman–Crippen LogP) is 1.27. The summed E-state index contributed by atoms with van der Waals surface area (Å²) < 4.78 is 0. The molecule has 0 bridgehead atoms. The zero-order valence-corrected chi connectivity index (χ0v) is 12.7. The summed E-state index contributed by atoms with van der Waals surface area (Å²) in [6.07, 6.45) is 0.330. The molecule has 0 aromatic carbocycles. The van der Waals surface area contributed by atoms with E-state index in [1.165, 1.54) is 0 Å². The predicted molar refractivity (Wildman–Crippen MR) is 74.5 cm³/mol. The monoisotopic (exact) mass is 270 g/mol. The number of carbonyl (C=O) groups excluding carboxylic acids is 3. The average Bonchev–Trinajstić information content (AvgIpc) is 2.33. The fourth-order valence-corrected chi connectivity index (χ4v) is 1.68. The minimum atomic E-state index is -0.602. The Bertz CT molecular complexity index is 338. The lowest BCUT2D eigenvalue weighted by molar-refractivity contribution is -0.132. The lowest BCUT2D eigenvalue weighted by atomic mass is 10.00. The molecule has 0 fully saturated rings. The number of Topliss-reactive ketones (excluding diaryl/α,β-unsaturated/α-hetero) is 1. The second-order valence-electron chi connectivity index (χ2n) is 5.43. The molecule has 1 unspecified atom stereocenters. The molecule has 110 valence electrons. The van der Waals surface area contributed by atoms with Crippen molar-refractivity contribution in [1.29, 1.82) is 0 Å². The fraction of sp³-hybridized carbons (Fsp3) is 0.786. The van der Waals surface area contributed by atoms with Crippen molar-refractivity contribution in [3.05, 3.63) is 0 Å². The van der Waals surface area contributed by atoms with Gasteiger partial charge in [0.2, 0.25) is 11.8 Å². The average molecular weight is 270 g/mol. The van der Waals surface area contributed by atoms with Crippen molar-refractivity contribution in [2.24, 2.45) is 11.8 Å². The first kappa shape index (κ1) is 17.6. The van der Waals surface area contributed by atoms with Gasteiger partial charge in [0.25, 0.3) is 0 Å². The Hall–Kier alpha value is -1.39. The fourth-order valence-electron chi connectivity index (χ4n) is 1.68. The SMILES string of the molecule is CCC(=O)NC(C(=O)N[C@@H](C)C(=O)C(C)C)C(C)C. The standard InChI is InChI=1S/C14H26N2O3/c1-7-11(17)16-12(8(2)3)14(19)15-10(6)13(18)9(4)5/h8-10,12H,7H2,1-6H3,(H,15,19)(H,16,17)/t10-,12?/m0/s1. The van der Waals surface area contributed by atoms with Crippen LogP contribution in [0.2, 0.25) is 0 Å². The van der Waals surface area contributed by atoms with E-state index in [0.29, 0.717) is 6.42 Å². The molecule has 0 rings (SSSR count). The van der Waals surface area contributed by atoms with E-state index in [0.717, 1.165) is 0 Å². The highest BCUT2D eigenvalue weighted by Gasteiger charge is 2.27. The molecule has 0 heterocycles. The Morgan fingerprint density at radius 1 is 0.947 bits per heavy atom. The summed E-state index contributed by atoms with van der Waals surface area (Å²) in [7, 11) is 0. The van der Waals surface area contributed by atoms with Gasteiger partial charge in [-0.25, -0.2) is 0 Å². The van der Waals surface area contributed by atoms with Crippen molar-refractivity contribution in [1.82, 2.24) is 10.6 Å². The molecule has 0 saturated carbocycles. The van der Waals surface area contributed by atoms with E-state index in [-0.39, 0.29) is 29.4 Å². The van der Waals surface area contributed by atoms with E-state index in [9.17, 15) is 14.4 Å². The number of ketones is 1. The van der Waals surface area contributed by atoms with Crippen molar-refractivity contribution < 1.29 is 14.4 Å². The smallest absolute Gasteiger partial charge is 0.243 e. The molecule has 2 amide bonds. The van der Waals surface area contributed by atoms with Crippen molar-refractivity contribution in [3.63, 3.8) is 0 Å². The molecule has 19 heavy (non-hydrogen) atoms. The molecule has 0 spiro atoms. The van der Waals surface area contributed by atoms with Gasteiger partial charge in [0.15, 0.2) is 5.78 Å². The van der Waals surface area contributed by atoms with Gasteiger partial charge in [0.05, 0.1) is 6.04 Å². The minimum Gasteiger partial charge on any atom is -0.345 e. The molecule has 0 aliphatic carbocycles. The first-order valence-corrected chi connectivity index (χ1v) is 6.84. The largest absolute Gasteiger partial charge is 0.345 e. The van der Waals surface area contributed by atoms with Gasteiger partial charge in [-0.3, -0.25) is 14.4 Å². The number of amides is 2. The van der Waals surface area contributed by atoms with Crippen LogP contribution in [0.25, 0.3) is 0 Å². The molecule has 0 aromatic heterocycles. The molecular weight excluding hydrogens is 244 g/mol. The van der Waals surface area contributed by atoms with Gasteiger partial charge in [-0.15, -0.1) is 0 Å². The van der Waals surface area contributed by atoms with Crippen molar-refractivity contribution >= 4 is 17.6 Å². The highest BCUT2D eigenvalue weighted by atomic mass is 16.2. The van der Waals surface area contributed by atoms with Crippen LogP contribution in [0.15, 0.2) is 0 Å². The second kappa shape index (κ2) is 7.92. The number of nitrogens with one attached hydrogen (secondary N) is 2. The van der Waals surface area contributed by atoms with Crippen LogP contribution in [0.5, 0.6) is 0 Å². The first-order valence-electron chi connectivity index (χ1n) is 6.84. The zero-order valence-electron chi connectivity index (χ0n) is 12.7. The molecular formula is C14H26N2O3. The summed E-state index contributed by atoms with van der Waals surface area (Å²) in [6, 6.07) is -1.14. The van der Waals surface area contributed by atoms with E-state index < -0.39 is 12.1 Å². The Morgan fingerprint density at radius 2 is 1.47 bits per heavy atom. The Balaban J connectivity index is 4.65. The summed E-state index contributed by atoms with van der Waals surface area (Å²) in [6.45, 7) is 10.7. The zero-order chi connectivity index (χ0) is 15.2. The van der Waals surface area contributed by atoms with Crippen LogP contribution in [0.1, 0.15) is 48.0 Å². The summed E-state index contributed by atoms with van der Waals surface area (Å²) in [4.78, 5) is 35.2. The highest BCUT2D eigenvalue weighted by Crippen LogP contribution is 2.05. The third-order valence-corrected chi connectivity index (χ3v) is 2.94. The Labute approximate surface area is 115 Å². The van der Waals surface area contributed by atoms with Gasteiger partial charge in [0.1, 0.15) is 6.04 Å². The molecule has 0 aliphatic rings. The molecule has 5 heteroatoms. The van der Waals surface area contributed by atoms with Crippen LogP contribution in [0.4, 0.5) is 0 Å². The van der Waals surface area contributed by atoms with E-state index in [4.69, 9.17) is 0 Å². The molecule has 2 atom stereocenters.